The average molecular weight is 230 g/mol. The Morgan fingerprint density at radius 3 is 2.47 bits per heavy atom. The van der Waals surface area contributed by atoms with Crippen LogP contribution in [0.15, 0.2) is 24.3 Å². The van der Waals surface area contributed by atoms with Crippen LogP contribution in [0.5, 0.6) is 0 Å². The van der Waals surface area contributed by atoms with Crippen LogP contribution in [0, 0.1) is 17.8 Å². The molecule has 1 nitrogen and oxygen atoms in total. The predicted octanol–water partition coefficient (Wildman–Crippen LogP) is 3.65. The molecular formula is C16H22O. The standard InChI is InChI=1S/C16H22O/c1-11(2)12(3)16(17)15-9-8-13-6-4-5-7-14(13)10-15/h4-7,11-12,15H,8-10H2,1-3H3. The molecule has 2 rings (SSSR count). The highest BCUT2D eigenvalue weighted by Gasteiger charge is 2.28. The number of aryl methyl sites for hydroxylation is 1. The first-order valence-electron chi connectivity index (χ1n) is 6.70. The zero-order valence-corrected chi connectivity index (χ0v) is 11.1. The molecular weight excluding hydrogens is 208 g/mol. The van der Waals surface area contributed by atoms with Crippen LogP contribution in [0.1, 0.15) is 38.3 Å². The monoisotopic (exact) mass is 230 g/mol. The number of Topliss-reactive ketones (excluding diaryl/α,β-unsaturated/α-hetero) is 1. The Kier molecular flexibility index (Phi) is 3.66. The highest BCUT2D eigenvalue weighted by Crippen LogP contribution is 2.29. The maximum atomic E-state index is 12.3. The first kappa shape index (κ1) is 12.3. The summed E-state index contributed by atoms with van der Waals surface area (Å²) in [6, 6.07) is 8.55. The summed E-state index contributed by atoms with van der Waals surface area (Å²) >= 11 is 0. The number of hydrogen-bond donors (Lipinski definition) is 0. The second-order valence-electron chi connectivity index (χ2n) is 5.64. The van der Waals surface area contributed by atoms with Crippen molar-refractivity contribution in [2.75, 3.05) is 0 Å². The molecule has 0 fully saturated rings. The van der Waals surface area contributed by atoms with Gasteiger partial charge in [-0.1, -0.05) is 45.0 Å². The van der Waals surface area contributed by atoms with Gasteiger partial charge in [-0.25, -0.2) is 0 Å². The molecule has 17 heavy (non-hydrogen) atoms. The first-order valence-corrected chi connectivity index (χ1v) is 6.70. The van der Waals surface area contributed by atoms with Gasteiger partial charge in [-0.2, -0.15) is 0 Å². The van der Waals surface area contributed by atoms with Gasteiger partial charge in [0.2, 0.25) is 0 Å². The molecule has 0 heterocycles. The molecule has 0 aliphatic heterocycles. The third-order valence-electron chi connectivity index (χ3n) is 4.20. The fourth-order valence-corrected chi connectivity index (χ4v) is 2.64. The van der Waals surface area contributed by atoms with Crippen LogP contribution >= 0.6 is 0 Å². The van der Waals surface area contributed by atoms with E-state index >= 15 is 0 Å². The molecule has 1 aromatic rings. The van der Waals surface area contributed by atoms with Gasteiger partial charge < -0.3 is 0 Å². The van der Waals surface area contributed by atoms with Gasteiger partial charge in [-0.3, -0.25) is 4.79 Å². The van der Waals surface area contributed by atoms with E-state index in [0.29, 0.717) is 11.7 Å². The highest BCUT2D eigenvalue weighted by molar-refractivity contribution is 5.83. The summed E-state index contributed by atoms with van der Waals surface area (Å²) < 4.78 is 0. The van der Waals surface area contributed by atoms with E-state index in [0.717, 1.165) is 19.3 Å². The third-order valence-corrected chi connectivity index (χ3v) is 4.20. The summed E-state index contributed by atoms with van der Waals surface area (Å²) in [4.78, 5) is 12.3. The number of carbonyl (C=O) groups excluding carboxylic acids is 1. The van der Waals surface area contributed by atoms with Crippen molar-refractivity contribution in [3.05, 3.63) is 35.4 Å². The summed E-state index contributed by atoms with van der Waals surface area (Å²) in [6.45, 7) is 6.35. The van der Waals surface area contributed by atoms with Gasteiger partial charge in [-0.15, -0.1) is 0 Å². The molecule has 0 spiro atoms. The van der Waals surface area contributed by atoms with E-state index in [1.807, 2.05) is 0 Å². The van der Waals surface area contributed by atoms with Crippen molar-refractivity contribution in [2.24, 2.45) is 17.8 Å². The van der Waals surface area contributed by atoms with Crippen molar-refractivity contribution in [1.29, 1.82) is 0 Å². The molecule has 1 aliphatic carbocycles. The van der Waals surface area contributed by atoms with E-state index in [4.69, 9.17) is 0 Å². The number of carbonyl (C=O) groups is 1. The summed E-state index contributed by atoms with van der Waals surface area (Å²) in [6.07, 6.45) is 3.05. The molecule has 1 aliphatic rings. The lowest BCUT2D eigenvalue weighted by atomic mass is 9.76. The van der Waals surface area contributed by atoms with Crippen LogP contribution in [0.3, 0.4) is 0 Å². The summed E-state index contributed by atoms with van der Waals surface area (Å²) in [5, 5.41) is 0. The third kappa shape index (κ3) is 2.59. The van der Waals surface area contributed by atoms with Gasteiger partial charge in [0.05, 0.1) is 0 Å². The van der Waals surface area contributed by atoms with E-state index in [-0.39, 0.29) is 11.8 Å². The predicted molar refractivity (Wildman–Crippen MR) is 71.0 cm³/mol. The molecule has 0 bridgehead atoms. The minimum atomic E-state index is 0.199. The highest BCUT2D eigenvalue weighted by atomic mass is 16.1. The van der Waals surface area contributed by atoms with Gasteiger partial charge in [0.15, 0.2) is 0 Å². The van der Waals surface area contributed by atoms with E-state index in [1.165, 1.54) is 11.1 Å². The van der Waals surface area contributed by atoms with Crippen LogP contribution < -0.4 is 0 Å². The second kappa shape index (κ2) is 5.03. The zero-order valence-electron chi connectivity index (χ0n) is 11.1. The lowest BCUT2D eigenvalue weighted by Gasteiger charge is -2.27. The quantitative estimate of drug-likeness (QED) is 0.774. The van der Waals surface area contributed by atoms with Gasteiger partial charge in [-0.05, 0) is 36.3 Å². The van der Waals surface area contributed by atoms with Crippen molar-refractivity contribution >= 4 is 5.78 Å². The number of ketones is 1. The summed E-state index contributed by atoms with van der Waals surface area (Å²) in [5.41, 5.74) is 2.82. The maximum absolute atomic E-state index is 12.3. The Morgan fingerprint density at radius 2 is 1.82 bits per heavy atom. The van der Waals surface area contributed by atoms with Crippen molar-refractivity contribution in [3.8, 4) is 0 Å². The maximum Gasteiger partial charge on any atom is 0.139 e. The SMILES string of the molecule is CC(C)C(C)C(=O)C1CCc2ccccc2C1. The minimum absolute atomic E-state index is 0.199. The zero-order chi connectivity index (χ0) is 12.4. The Bertz CT molecular complexity index is 406. The molecule has 92 valence electrons. The van der Waals surface area contributed by atoms with E-state index in [1.54, 1.807) is 0 Å². The van der Waals surface area contributed by atoms with Crippen LogP contribution in [-0.4, -0.2) is 5.78 Å². The fourth-order valence-electron chi connectivity index (χ4n) is 2.64. The van der Waals surface area contributed by atoms with E-state index < -0.39 is 0 Å². The molecule has 0 amide bonds. The van der Waals surface area contributed by atoms with E-state index in [2.05, 4.69) is 45.0 Å². The van der Waals surface area contributed by atoms with Crippen molar-refractivity contribution < 1.29 is 4.79 Å². The topological polar surface area (TPSA) is 17.1 Å². The van der Waals surface area contributed by atoms with Crippen molar-refractivity contribution in [1.82, 2.24) is 0 Å². The van der Waals surface area contributed by atoms with E-state index in [9.17, 15) is 4.79 Å². The summed E-state index contributed by atoms with van der Waals surface area (Å²) in [5.74, 6) is 1.38. The minimum Gasteiger partial charge on any atom is -0.299 e. The molecule has 0 aromatic heterocycles. The van der Waals surface area contributed by atoms with Crippen LogP contribution in [0.2, 0.25) is 0 Å². The summed E-state index contributed by atoms with van der Waals surface area (Å²) in [7, 11) is 0. The Labute approximate surface area is 104 Å². The fraction of sp³-hybridized carbons (Fsp3) is 0.562. The smallest absolute Gasteiger partial charge is 0.139 e. The van der Waals surface area contributed by atoms with Gasteiger partial charge >= 0.3 is 0 Å². The molecule has 0 saturated heterocycles. The molecule has 0 radical (unpaired) electrons. The number of benzene rings is 1. The van der Waals surface area contributed by atoms with Crippen LogP contribution in [0.25, 0.3) is 0 Å². The molecule has 2 unspecified atom stereocenters. The van der Waals surface area contributed by atoms with Crippen LogP contribution in [0.4, 0.5) is 0 Å². The largest absolute Gasteiger partial charge is 0.299 e. The Hall–Kier alpha value is -1.11. The molecule has 0 saturated carbocycles. The first-order chi connectivity index (χ1) is 8.09. The molecule has 2 atom stereocenters. The second-order valence-corrected chi connectivity index (χ2v) is 5.64. The molecule has 0 N–H and O–H groups in total. The molecule has 1 aromatic carbocycles. The van der Waals surface area contributed by atoms with Gasteiger partial charge in [0, 0.05) is 11.8 Å². The number of fused-ring (bicyclic) bond motifs is 1. The van der Waals surface area contributed by atoms with Gasteiger partial charge in [0.1, 0.15) is 5.78 Å². The van der Waals surface area contributed by atoms with Crippen molar-refractivity contribution in [2.45, 2.75) is 40.0 Å². The number of hydrogen-bond acceptors (Lipinski definition) is 1. The normalized spacial score (nSPS) is 21.1. The molecule has 1 heteroatoms. The number of rotatable bonds is 3. The van der Waals surface area contributed by atoms with Crippen LogP contribution in [-0.2, 0) is 17.6 Å². The Morgan fingerprint density at radius 1 is 1.18 bits per heavy atom. The van der Waals surface area contributed by atoms with Crippen molar-refractivity contribution in [3.63, 3.8) is 0 Å². The van der Waals surface area contributed by atoms with Gasteiger partial charge in [0.25, 0.3) is 0 Å². The average Bonchev–Trinajstić information content (AvgIpc) is 2.36. The Balaban J connectivity index is 2.10. The lowest BCUT2D eigenvalue weighted by Crippen LogP contribution is -2.29. The lowest BCUT2D eigenvalue weighted by molar-refractivity contribution is -0.127.